The molecule has 0 N–H and O–H groups in total. The van der Waals surface area contributed by atoms with Crippen LogP contribution in [0.4, 0.5) is 0 Å². The van der Waals surface area contributed by atoms with Crippen LogP contribution in [0.25, 0.3) is 0 Å². The Labute approximate surface area is 63.9 Å². The number of hydrogen-bond donors (Lipinski definition) is 0. The van der Waals surface area contributed by atoms with Crippen molar-refractivity contribution in [3.63, 3.8) is 0 Å². The standard InChI is InChI=1S/C5H5.Nd/c1-2-4-5-3-1;/h1-3H,4H2;. The zero-order valence-electron chi connectivity index (χ0n) is 3.44. The normalized spacial score (nSPS) is 18.2. The third-order valence-corrected chi connectivity index (χ3v) is 1.96. The average Bonchev–Trinajstić information content (AvgIpc) is 1.86. The SMILES string of the molecule is [Nd][C]1=CC=CC1. The summed E-state index contributed by atoms with van der Waals surface area (Å²) < 4.78 is 1.61. The Morgan fingerprint density at radius 3 is 2.67 bits per heavy atom. The second-order valence-electron chi connectivity index (χ2n) is 1.32. The van der Waals surface area contributed by atoms with Gasteiger partial charge >= 0.3 is 64.6 Å². The quantitative estimate of drug-likeness (QED) is 0.565. The van der Waals surface area contributed by atoms with E-state index in [1.807, 2.05) is 0 Å². The van der Waals surface area contributed by atoms with E-state index in [2.05, 4.69) is 18.2 Å². The molecular weight excluding hydrogens is 204 g/mol. The van der Waals surface area contributed by atoms with E-state index in [0.717, 1.165) is 0 Å². The van der Waals surface area contributed by atoms with Crippen LogP contribution in [0, 0.1) is 38.8 Å². The first kappa shape index (κ1) is 4.98. The van der Waals surface area contributed by atoms with Crippen molar-refractivity contribution in [1.82, 2.24) is 0 Å². The Balaban J connectivity index is 2.61. The minimum absolute atomic E-state index is 1.23. The monoisotopic (exact) mass is 207 g/mol. The zero-order valence-corrected chi connectivity index (χ0v) is 6.65. The third kappa shape index (κ3) is 1.16. The molecule has 0 aromatic rings. The molecule has 1 heteroatoms. The van der Waals surface area contributed by atoms with E-state index in [1.54, 1.807) is 1.22 Å². The van der Waals surface area contributed by atoms with E-state index < -0.39 is 0 Å². The van der Waals surface area contributed by atoms with Crippen LogP contribution in [0.15, 0.2) is 19.5 Å². The Hall–Kier alpha value is 0.831. The molecule has 1 aliphatic carbocycles. The van der Waals surface area contributed by atoms with Crippen molar-refractivity contribution < 1.29 is 38.8 Å². The van der Waals surface area contributed by atoms with Crippen molar-refractivity contribution in [2.75, 3.05) is 0 Å². The summed E-state index contributed by atoms with van der Waals surface area (Å²) in [6, 6.07) is 0. The molecule has 29 valence electrons. The van der Waals surface area contributed by atoms with E-state index in [9.17, 15) is 0 Å². The second-order valence-corrected chi connectivity index (χ2v) is 3.38. The van der Waals surface area contributed by atoms with Crippen molar-refractivity contribution in [2.24, 2.45) is 0 Å². The molecular formula is C5H5Nd. The van der Waals surface area contributed by atoms with Crippen molar-refractivity contribution in [3.05, 3.63) is 19.5 Å². The summed E-state index contributed by atoms with van der Waals surface area (Å²) in [5.74, 6) is 0. The Morgan fingerprint density at radius 1 is 1.67 bits per heavy atom. The van der Waals surface area contributed by atoms with Gasteiger partial charge in [0.25, 0.3) is 0 Å². The summed E-state index contributed by atoms with van der Waals surface area (Å²) in [5.41, 5.74) is 0. The first-order valence-corrected chi connectivity index (χ1v) is 3.57. The molecule has 0 saturated carbocycles. The average molecular weight is 209 g/mol. The summed E-state index contributed by atoms with van der Waals surface area (Å²) in [6.07, 6.45) is 7.75. The fraction of sp³-hybridized carbons (Fsp3) is 0.200. The molecule has 0 nitrogen and oxygen atoms in total. The topological polar surface area (TPSA) is 0 Å². The van der Waals surface area contributed by atoms with Gasteiger partial charge in [-0.25, -0.2) is 0 Å². The van der Waals surface area contributed by atoms with Gasteiger partial charge < -0.3 is 0 Å². The number of rotatable bonds is 0. The van der Waals surface area contributed by atoms with Crippen LogP contribution in [0.3, 0.4) is 0 Å². The summed E-state index contributed by atoms with van der Waals surface area (Å²) in [6.45, 7) is 0. The molecule has 0 aromatic carbocycles. The molecule has 0 bridgehead atoms. The molecule has 0 spiro atoms. The van der Waals surface area contributed by atoms with E-state index in [4.69, 9.17) is 0 Å². The van der Waals surface area contributed by atoms with Gasteiger partial charge in [0.15, 0.2) is 0 Å². The summed E-state index contributed by atoms with van der Waals surface area (Å²) in [4.78, 5) is 0. The van der Waals surface area contributed by atoms with Gasteiger partial charge in [0.05, 0.1) is 0 Å². The molecule has 6 heavy (non-hydrogen) atoms. The van der Waals surface area contributed by atoms with Crippen LogP contribution < -0.4 is 0 Å². The maximum absolute atomic E-state index is 2.20. The van der Waals surface area contributed by atoms with Gasteiger partial charge in [-0.15, -0.1) is 0 Å². The Morgan fingerprint density at radius 2 is 2.50 bits per heavy atom. The van der Waals surface area contributed by atoms with Crippen molar-refractivity contribution in [1.29, 1.82) is 0 Å². The van der Waals surface area contributed by atoms with Crippen molar-refractivity contribution in [3.8, 4) is 0 Å². The van der Waals surface area contributed by atoms with E-state index in [0.29, 0.717) is 0 Å². The zero-order chi connectivity index (χ0) is 4.41. The summed E-state index contributed by atoms with van der Waals surface area (Å²) in [5, 5.41) is 0. The van der Waals surface area contributed by atoms with Crippen molar-refractivity contribution >= 4 is 0 Å². The van der Waals surface area contributed by atoms with Crippen LogP contribution in [0.2, 0.25) is 0 Å². The van der Waals surface area contributed by atoms with Gasteiger partial charge in [0, 0.05) is 0 Å². The Bertz CT molecular complexity index is 101. The first-order chi connectivity index (χ1) is 2.89. The van der Waals surface area contributed by atoms with Crippen LogP contribution in [0.5, 0.6) is 0 Å². The van der Waals surface area contributed by atoms with Crippen LogP contribution >= 0.6 is 0 Å². The number of hydrogen-bond acceptors (Lipinski definition) is 0. The minimum atomic E-state index is 1.23. The fourth-order valence-corrected chi connectivity index (χ4v) is 1.13. The van der Waals surface area contributed by atoms with Gasteiger partial charge in [-0.3, -0.25) is 0 Å². The third-order valence-electron chi connectivity index (χ3n) is 0.771. The molecule has 0 atom stereocenters. The molecule has 0 heterocycles. The van der Waals surface area contributed by atoms with Crippen molar-refractivity contribution in [2.45, 2.75) is 6.42 Å². The van der Waals surface area contributed by atoms with Gasteiger partial charge in [0.2, 0.25) is 0 Å². The Kier molecular flexibility index (Phi) is 1.84. The molecule has 1 aliphatic rings. The molecule has 0 fully saturated rings. The van der Waals surface area contributed by atoms with Gasteiger partial charge in [0.1, 0.15) is 0 Å². The van der Waals surface area contributed by atoms with E-state index in [-0.39, 0.29) is 0 Å². The predicted octanol–water partition coefficient (Wildman–Crippen LogP) is 1.38. The second kappa shape index (κ2) is 2.22. The fourth-order valence-electron chi connectivity index (χ4n) is 0.447. The maximum atomic E-state index is 2.20. The van der Waals surface area contributed by atoms with Crippen LogP contribution in [-0.2, 0) is 0 Å². The van der Waals surface area contributed by atoms with Crippen LogP contribution in [-0.4, -0.2) is 0 Å². The summed E-state index contributed by atoms with van der Waals surface area (Å²) in [7, 11) is 0. The molecule has 0 saturated heterocycles. The molecule has 0 aliphatic heterocycles. The first-order valence-electron chi connectivity index (χ1n) is 1.97. The predicted molar refractivity (Wildman–Crippen MR) is 21.8 cm³/mol. The van der Waals surface area contributed by atoms with Gasteiger partial charge in [-0.1, -0.05) is 0 Å². The van der Waals surface area contributed by atoms with E-state index >= 15 is 0 Å². The van der Waals surface area contributed by atoms with Gasteiger partial charge in [-0.2, -0.15) is 0 Å². The summed E-state index contributed by atoms with van der Waals surface area (Å²) >= 11 is 1.25. The van der Waals surface area contributed by atoms with E-state index in [1.165, 1.54) is 45.2 Å². The molecule has 0 unspecified atom stereocenters. The molecule has 1 rings (SSSR count). The number of allylic oxidation sites excluding steroid dienone is 4. The molecule has 0 amide bonds. The molecule has 0 radical (unpaired) electrons. The molecule has 0 aromatic heterocycles. The van der Waals surface area contributed by atoms with Crippen LogP contribution in [0.1, 0.15) is 6.42 Å². The van der Waals surface area contributed by atoms with Gasteiger partial charge in [-0.05, 0) is 0 Å².